The van der Waals surface area contributed by atoms with Crippen molar-refractivity contribution >= 4 is 35.9 Å². The number of rotatable bonds is 11. The summed E-state index contributed by atoms with van der Waals surface area (Å²) in [5.41, 5.74) is 1.76. The minimum absolute atomic E-state index is 0.0365. The van der Waals surface area contributed by atoms with Gasteiger partial charge in [0.1, 0.15) is 13.7 Å². The fraction of sp³-hybridized carbons (Fsp3) is 0.452. The zero-order valence-electron chi connectivity index (χ0n) is 23.6. The third kappa shape index (κ3) is 7.64. The number of hydrogen-bond acceptors (Lipinski definition) is 5. The smallest absolute Gasteiger partial charge is 0.187 e. The van der Waals surface area contributed by atoms with Gasteiger partial charge in [0.05, 0.1) is 28.9 Å². The summed E-state index contributed by atoms with van der Waals surface area (Å²) in [6, 6.07) is 8.46. The van der Waals surface area contributed by atoms with Crippen molar-refractivity contribution in [3.05, 3.63) is 68.3 Å². The van der Waals surface area contributed by atoms with Crippen molar-refractivity contribution in [3.63, 3.8) is 0 Å². The fourth-order valence-corrected chi connectivity index (χ4v) is 6.02. The van der Waals surface area contributed by atoms with Gasteiger partial charge in [-0.2, -0.15) is 0 Å². The molecule has 2 unspecified atom stereocenters. The van der Waals surface area contributed by atoms with E-state index in [2.05, 4.69) is 12.8 Å². The summed E-state index contributed by atoms with van der Waals surface area (Å²) in [4.78, 5) is 8.02. The van der Waals surface area contributed by atoms with Gasteiger partial charge in [0, 0.05) is 27.9 Å². The first kappa shape index (κ1) is 31.2. The molecule has 0 amide bonds. The Bertz CT molecular complexity index is 1350. The third-order valence-corrected chi connectivity index (χ3v) is 8.05. The maximum Gasteiger partial charge on any atom is 0.187 e. The van der Waals surface area contributed by atoms with Gasteiger partial charge in [-0.3, -0.25) is 0 Å². The van der Waals surface area contributed by atoms with Gasteiger partial charge in [-0.05, 0) is 75.9 Å². The van der Waals surface area contributed by atoms with Crippen LogP contribution in [0.1, 0.15) is 80.1 Å². The second kappa shape index (κ2) is 12.4. The molecular formula is C31H37BClFN2O2S. The zero-order valence-corrected chi connectivity index (χ0v) is 25.2. The van der Waals surface area contributed by atoms with Crippen LogP contribution >= 0.6 is 22.9 Å². The second-order valence-electron chi connectivity index (χ2n) is 11.0. The van der Waals surface area contributed by atoms with Crippen LogP contribution in [0.4, 0.5) is 9.52 Å². The molecule has 1 heterocycles. The van der Waals surface area contributed by atoms with Gasteiger partial charge in [-0.25, -0.2) is 9.37 Å². The number of aryl methyl sites for hydroxylation is 2. The molecule has 2 aromatic carbocycles. The monoisotopic (exact) mass is 566 g/mol. The van der Waals surface area contributed by atoms with Gasteiger partial charge >= 0.3 is 0 Å². The molecule has 2 atom stereocenters. The largest absolute Gasteiger partial charge is 0.395 e. The quantitative estimate of drug-likeness (QED) is 0.190. The Morgan fingerprint density at radius 3 is 2.46 bits per heavy atom. The average Bonchev–Trinajstić information content (AvgIpc) is 3.20. The Labute approximate surface area is 242 Å². The minimum Gasteiger partial charge on any atom is -0.395 e. The van der Waals surface area contributed by atoms with E-state index in [1.54, 1.807) is 19.9 Å². The first-order valence-electron chi connectivity index (χ1n) is 13.2. The third-order valence-electron chi connectivity index (χ3n) is 6.73. The maximum absolute atomic E-state index is 15.0. The Hall–Kier alpha value is -2.37. The predicted molar refractivity (Wildman–Crippen MR) is 162 cm³/mol. The summed E-state index contributed by atoms with van der Waals surface area (Å²) in [6.07, 6.45) is 8.92. The standard InChI is InChI=1S/C31H37BClFN2O2S/c1-8-10-11-27(21-12-13-24(26(34)17-21)31(7,32)38)36(14-9-2)29-35-28(20(4)39-29)23-15-19(3)22(16-25(23)33)18-30(5,6)37/h2,12-13,15-17,27,37-38H,8,10-11,14,18H2,1,3-7H3. The van der Waals surface area contributed by atoms with Gasteiger partial charge in [-0.15, -0.1) is 17.8 Å². The van der Waals surface area contributed by atoms with Crippen molar-refractivity contribution in [1.29, 1.82) is 0 Å². The Morgan fingerprint density at radius 1 is 1.21 bits per heavy atom. The number of nitrogens with zero attached hydrogens (tertiary/aromatic N) is 2. The lowest BCUT2D eigenvalue weighted by Crippen LogP contribution is -2.30. The number of halogens is 2. The van der Waals surface area contributed by atoms with Crippen molar-refractivity contribution < 1.29 is 14.6 Å². The van der Waals surface area contributed by atoms with Crippen molar-refractivity contribution in [1.82, 2.24) is 4.98 Å². The van der Waals surface area contributed by atoms with Gasteiger partial charge in [0.2, 0.25) is 0 Å². The van der Waals surface area contributed by atoms with Crippen molar-refractivity contribution in [3.8, 4) is 23.6 Å². The number of benzene rings is 2. The predicted octanol–water partition coefficient (Wildman–Crippen LogP) is 7.24. The van der Waals surface area contributed by atoms with E-state index in [1.165, 1.54) is 30.4 Å². The van der Waals surface area contributed by atoms with Gasteiger partial charge < -0.3 is 15.1 Å². The van der Waals surface area contributed by atoms with Gasteiger partial charge in [0.15, 0.2) is 5.13 Å². The average molecular weight is 567 g/mol. The molecule has 39 heavy (non-hydrogen) atoms. The number of aromatic nitrogens is 1. The molecule has 0 aliphatic carbocycles. The number of terminal acetylenes is 1. The Morgan fingerprint density at radius 2 is 1.90 bits per heavy atom. The molecule has 0 saturated carbocycles. The molecule has 0 aliphatic heterocycles. The minimum atomic E-state index is -1.78. The van der Waals surface area contributed by atoms with Crippen molar-refractivity contribution in [2.24, 2.45) is 0 Å². The lowest BCUT2D eigenvalue weighted by Gasteiger charge is -2.31. The van der Waals surface area contributed by atoms with Crippen LogP contribution in [0.25, 0.3) is 11.3 Å². The van der Waals surface area contributed by atoms with Crippen molar-refractivity contribution in [2.45, 2.75) is 84.4 Å². The first-order chi connectivity index (χ1) is 18.2. The van der Waals surface area contributed by atoms with Crippen LogP contribution < -0.4 is 4.90 Å². The number of thiazole rings is 1. The molecule has 1 aromatic heterocycles. The van der Waals surface area contributed by atoms with E-state index in [4.69, 9.17) is 30.9 Å². The number of hydrogen-bond donors (Lipinski definition) is 2. The molecule has 8 heteroatoms. The zero-order chi connectivity index (χ0) is 29.1. The normalized spacial score (nSPS) is 14.1. The van der Waals surface area contributed by atoms with E-state index >= 15 is 4.39 Å². The molecule has 2 radical (unpaired) electrons. The SMILES string of the molecule is [B]C(C)(O)c1ccc(C(CCCC)N(CC#C)c2nc(-c3cc(C)c(CC(C)(C)O)cc3Cl)c(C)s2)cc1F. The second-order valence-corrected chi connectivity index (χ2v) is 12.6. The molecule has 3 rings (SSSR count). The van der Waals surface area contributed by atoms with E-state index in [0.29, 0.717) is 11.4 Å². The molecule has 206 valence electrons. The summed E-state index contributed by atoms with van der Waals surface area (Å²) >= 11 is 8.27. The summed E-state index contributed by atoms with van der Waals surface area (Å²) in [5.74, 6) is 2.19. The molecule has 0 spiro atoms. The van der Waals surface area contributed by atoms with Crippen LogP contribution in [0, 0.1) is 32.0 Å². The summed E-state index contributed by atoms with van der Waals surface area (Å²) < 4.78 is 15.0. The number of aliphatic hydroxyl groups is 2. The highest BCUT2D eigenvalue weighted by Crippen LogP contribution is 2.41. The number of unbranched alkanes of at least 4 members (excludes halogenated alkanes) is 1. The highest BCUT2D eigenvalue weighted by Gasteiger charge is 2.27. The van der Waals surface area contributed by atoms with Gasteiger partial charge in [0.25, 0.3) is 0 Å². The summed E-state index contributed by atoms with van der Waals surface area (Å²) in [7, 11) is 5.75. The van der Waals surface area contributed by atoms with E-state index in [9.17, 15) is 10.2 Å². The van der Waals surface area contributed by atoms with E-state index in [-0.39, 0.29) is 18.2 Å². The number of anilines is 1. The molecule has 0 saturated heterocycles. The van der Waals surface area contributed by atoms with Crippen LogP contribution in [-0.4, -0.2) is 35.2 Å². The van der Waals surface area contributed by atoms with Crippen LogP contribution in [0.2, 0.25) is 5.02 Å². The summed E-state index contributed by atoms with van der Waals surface area (Å²) in [6.45, 7) is 11.3. The molecular weight excluding hydrogens is 530 g/mol. The first-order valence-corrected chi connectivity index (χ1v) is 14.4. The fourth-order valence-electron chi connectivity index (χ4n) is 4.77. The van der Waals surface area contributed by atoms with Crippen LogP contribution in [-0.2, 0) is 11.9 Å². The van der Waals surface area contributed by atoms with E-state index in [0.717, 1.165) is 57.2 Å². The Kier molecular flexibility index (Phi) is 9.94. The lowest BCUT2D eigenvalue weighted by molar-refractivity contribution is 0.0808. The lowest BCUT2D eigenvalue weighted by atomic mass is 9.77. The topological polar surface area (TPSA) is 56.6 Å². The molecule has 0 bridgehead atoms. The molecule has 2 N–H and O–H groups in total. The van der Waals surface area contributed by atoms with E-state index < -0.39 is 16.9 Å². The molecule has 0 aliphatic rings. The van der Waals surface area contributed by atoms with E-state index in [1.807, 2.05) is 30.9 Å². The highest BCUT2D eigenvalue weighted by atomic mass is 35.5. The molecule has 3 aromatic rings. The Balaban J connectivity index is 2.07. The van der Waals surface area contributed by atoms with Crippen LogP contribution in [0.15, 0.2) is 30.3 Å². The maximum atomic E-state index is 15.0. The molecule has 0 fully saturated rings. The van der Waals surface area contributed by atoms with Crippen molar-refractivity contribution in [2.75, 3.05) is 11.4 Å². The highest BCUT2D eigenvalue weighted by molar-refractivity contribution is 7.16. The summed E-state index contributed by atoms with van der Waals surface area (Å²) in [5, 5.41) is 21.7. The van der Waals surface area contributed by atoms with Gasteiger partial charge in [-0.1, -0.05) is 49.4 Å². The van der Waals surface area contributed by atoms with Crippen LogP contribution in [0.5, 0.6) is 0 Å². The molecule has 4 nitrogen and oxygen atoms in total. The van der Waals surface area contributed by atoms with Crippen LogP contribution in [0.3, 0.4) is 0 Å².